The number of hydrogen-bond donors (Lipinski definition) is 1. The molecule has 2 aromatic carbocycles. The number of ether oxygens (including phenoxy) is 1. The molecule has 2 rings (SSSR count). The molecule has 0 aliphatic rings. The predicted octanol–water partition coefficient (Wildman–Crippen LogP) is 3.37. The summed E-state index contributed by atoms with van der Waals surface area (Å²) in [6.07, 6.45) is 0.205. The van der Waals surface area contributed by atoms with Crippen molar-refractivity contribution >= 4 is 12.1 Å². The Morgan fingerprint density at radius 1 is 1.29 bits per heavy atom. The zero-order valence-corrected chi connectivity index (χ0v) is 11.8. The van der Waals surface area contributed by atoms with Crippen LogP contribution in [0.5, 0.6) is 5.75 Å². The predicted molar refractivity (Wildman–Crippen MR) is 77.0 cm³/mol. The fourth-order valence-corrected chi connectivity index (χ4v) is 1.97. The molecule has 0 aliphatic carbocycles. The van der Waals surface area contributed by atoms with Gasteiger partial charge < -0.3 is 4.74 Å². The Hall–Kier alpha value is -2.40. The highest BCUT2D eigenvalue weighted by Gasteiger charge is 2.14. The highest BCUT2D eigenvalue weighted by Crippen LogP contribution is 2.25. The van der Waals surface area contributed by atoms with Gasteiger partial charge in [0.1, 0.15) is 18.2 Å². The summed E-state index contributed by atoms with van der Waals surface area (Å²) in [5, 5.41) is 9.81. The summed E-state index contributed by atoms with van der Waals surface area (Å²) in [7, 11) is 0. The van der Waals surface area contributed by atoms with E-state index in [-0.39, 0.29) is 24.3 Å². The fraction of sp³-hybridized carbons (Fsp3) is 0.188. The molecule has 4 nitrogen and oxygen atoms in total. The topological polar surface area (TPSA) is 49.8 Å². The van der Waals surface area contributed by atoms with Gasteiger partial charge in [0.2, 0.25) is 6.41 Å². The van der Waals surface area contributed by atoms with E-state index in [0.29, 0.717) is 10.8 Å². The molecule has 1 amide bonds. The first kappa shape index (κ1) is 15.0. The zero-order valence-electron chi connectivity index (χ0n) is 11.8. The van der Waals surface area contributed by atoms with E-state index in [1.165, 1.54) is 18.2 Å². The number of hydrogen-bond acceptors (Lipinski definition) is 3. The van der Waals surface area contributed by atoms with E-state index in [1.54, 1.807) is 0 Å². The number of benzene rings is 2. The van der Waals surface area contributed by atoms with Gasteiger partial charge in [0.15, 0.2) is 0 Å². The van der Waals surface area contributed by atoms with Gasteiger partial charge in [-0.15, -0.1) is 0 Å². The summed E-state index contributed by atoms with van der Waals surface area (Å²) in [5.74, 6) is 0.0958. The minimum absolute atomic E-state index is 0.0651. The van der Waals surface area contributed by atoms with Crippen molar-refractivity contribution in [3.8, 4) is 5.75 Å². The molecule has 2 aromatic rings. The molecule has 1 N–H and O–H groups in total. The smallest absolute Gasteiger partial charge is 0.237 e. The third-order valence-electron chi connectivity index (χ3n) is 3.16. The third kappa shape index (κ3) is 3.38. The van der Waals surface area contributed by atoms with Crippen LogP contribution in [0.1, 0.15) is 16.7 Å². The monoisotopic (exact) mass is 289 g/mol. The van der Waals surface area contributed by atoms with Crippen LogP contribution in [0, 0.1) is 19.7 Å². The molecule has 0 atom stereocenters. The molecular formula is C16H16FNO3. The van der Waals surface area contributed by atoms with Gasteiger partial charge in [-0.2, -0.15) is 5.06 Å². The van der Waals surface area contributed by atoms with Gasteiger partial charge in [0.25, 0.3) is 0 Å². The van der Waals surface area contributed by atoms with E-state index in [4.69, 9.17) is 4.74 Å². The van der Waals surface area contributed by atoms with Gasteiger partial charge in [-0.25, -0.2) is 4.39 Å². The van der Waals surface area contributed by atoms with Gasteiger partial charge in [-0.1, -0.05) is 18.2 Å². The Labute approximate surface area is 122 Å². The van der Waals surface area contributed by atoms with E-state index in [2.05, 4.69) is 0 Å². The van der Waals surface area contributed by atoms with E-state index < -0.39 is 5.82 Å². The van der Waals surface area contributed by atoms with Crippen LogP contribution < -0.4 is 9.80 Å². The highest BCUT2D eigenvalue weighted by atomic mass is 19.1. The van der Waals surface area contributed by atoms with Crippen molar-refractivity contribution in [2.45, 2.75) is 20.5 Å². The van der Waals surface area contributed by atoms with Crippen LogP contribution in [0.3, 0.4) is 0 Å². The lowest BCUT2D eigenvalue weighted by molar-refractivity contribution is -0.111. The first-order valence-corrected chi connectivity index (χ1v) is 6.43. The second-order valence-electron chi connectivity index (χ2n) is 4.75. The normalized spacial score (nSPS) is 10.3. The van der Waals surface area contributed by atoms with Crippen LogP contribution >= 0.6 is 0 Å². The van der Waals surface area contributed by atoms with Crippen molar-refractivity contribution in [2.24, 2.45) is 0 Å². The Kier molecular flexibility index (Phi) is 4.55. The third-order valence-corrected chi connectivity index (χ3v) is 3.16. The van der Waals surface area contributed by atoms with E-state index in [9.17, 15) is 14.4 Å². The molecule has 0 spiro atoms. The summed E-state index contributed by atoms with van der Waals surface area (Å²) >= 11 is 0. The van der Waals surface area contributed by atoms with Crippen LogP contribution in [-0.4, -0.2) is 11.6 Å². The average Bonchev–Trinajstić information content (AvgIpc) is 2.48. The maximum absolute atomic E-state index is 13.9. The van der Waals surface area contributed by atoms with Crippen LogP contribution in [0.4, 0.5) is 10.1 Å². The molecule has 21 heavy (non-hydrogen) atoms. The quantitative estimate of drug-likeness (QED) is 0.521. The molecule has 0 saturated carbocycles. The van der Waals surface area contributed by atoms with E-state index in [1.807, 2.05) is 32.0 Å². The van der Waals surface area contributed by atoms with Gasteiger partial charge in [0.05, 0.1) is 11.3 Å². The number of aryl methyl sites for hydroxylation is 2. The standard InChI is InChI=1S/C16H16FNO3/c1-11-6-7-12(2)16(8-11)21-9-13-14(17)4-3-5-15(13)18(20)10-19/h3-8,10,20H,9H2,1-2H3. The van der Waals surface area contributed by atoms with Crippen molar-refractivity contribution in [3.05, 3.63) is 58.9 Å². The second-order valence-corrected chi connectivity index (χ2v) is 4.75. The van der Waals surface area contributed by atoms with E-state index >= 15 is 0 Å². The summed E-state index contributed by atoms with van der Waals surface area (Å²) in [4.78, 5) is 10.7. The van der Waals surface area contributed by atoms with Crippen LogP contribution in [-0.2, 0) is 11.4 Å². The second kappa shape index (κ2) is 6.37. The Morgan fingerprint density at radius 3 is 2.76 bits per heavy atom. The van der Waals surface area contributed by atoms with Gasteiger partial charge in [-0.3, -0.25) is 10.0 Å². The van der Waals surface area contributed by atoms with Gasteiger partial charge >= 0.3 is 0 Å². The SMILES string of the molecule is Cc1ccc(C)c(OCc2c(F)cccc2N(O)C=O)c1. The molecule has 110 valence electrons. The molecule has 0 fully saturated rings. The molecule has 0 bridgehead atoms. The number of halogens is 1. The van der Waals surface area contributed by atoms with Crippen molar-refractivity contribution < 1.29 is 19.1 Å². The fourth-order valence-electron chi connectivity index (χ4n) is 1.97. The summed E-state index contributed by atoms with van der Waals surface area (Å²) in [6.45, 7) is 3.74. The van der Waals surface area contributed by atoms with Crippen LogP contribution in [0.15, 0.2) is 36.4 Å². The zero-order chi connectivity index (χ0) is 15.4. The molecule has 0 aromatic heterocycles. The Morgan fingerprint density at radius 2 is 2.05 bits per heavy atom. The molecule has 0 radical (unpaired) electrons. The summed E-state index contributed by atoms with van der Waals surface area (Å²) in [6, 6.07) is 9.84. The Balaban J connectivity index is 2.27. The van der Waals surface area contributed by atoms with Gasteiger partial charge in [0, 0.05) is 0 Å². The highest BCUT2D eigenvalue weighted by molar-refractivity contribution is 5.73. The molecule has 0 unspecified atom stereocenters. The van der Waals surface area contributed by atoms with Crippen molar-refractivity contribution in [2.75, 3.05) is 5.06 Å². The van der Waals surface area contributed by atoms with Crippen molar-refractivity contribution in [3.63, 3.8) is 0 Å². The molecule has 0 heterocycles. The Bertz CT molecular complexity index is 658. The summed E-state index contributed by atoms with van der Waals surface area (Å²) in [5.41, 5.74) is 2.14. The molecule has 0 aliphatic heterocycles. The number of carbonyl (C=O) groups excluding carboxylic acids is 1. The van der Waals surface area contributed by atoms with Crippen molar-refractivity contribution in [1.29, 1.82) is 0 Å². The number of rotatable bonds is 5. The summed E-state index contributed by atoms with van der Waals surface area (Å²) < 4.78 is 19.5. The van der Waals surface area contributed by atoms with Gasteiger partial charge in [-0.05, 0) is 43.2 Å². The average molecular weight is 289 g/mol. The molecule has 5 heteroatoms. The molecule has 0 saturated heterocycles. The first-order valence-electron chi connectivity index (χ1n) is 6.43. The number of carbonyl (C=O) groups is 1. The maximum atomic E-state index is 13.9. The number of nitrogens with zero attached hydrogens (tertiary/aromatic N) is 1. The van der Waals surface area contributed by atoms with E-state index in [0.717, 1.165) is 11.1 Å². The first-order chi connectivity index (χ1) is 10.0. The molecular weight excluding hydrogens is 273 g/mol. The van der Waals surface area contributed by atoms with Crippen molar-refractivity contribution in [1.82, 2.24) is 0 Å². The minimum Gasteiger partial charge on any atom is -0.488 e. The number of anilines is 1. The lowest BCUT2D eigenvalue weighted by Gasteiger charge is -2.16. The van der Waals surface area contributed by atoms with Crippen LogP contribution in [0.25, 0.3) is 0 Å². The lowest BCUT2D eigenvalue weighted by Crippen LogP contribution is -2.18. The minimum atomic E-state index is -0.543. The largest absolute Gasteiger partial charge is 0.488 e. The number of amides is 1. The van der Waals surface area contributed by atoms with Crippen LogP contribution in [0.2, 0.25) is 0 Å². The lowest BCUT2D eigenvalue weighted by atomic mass is 10.1. The maximum Gasteiger partial charge on any atom is 0.237 e. The number of hydroxylamine groups is 1.